The Kier molecular flexibility index (Phi) is 2.76. The van der Waals surface area contributed by atoms with Crippen LogP contribution in [0, 0.1) is 0 Å². The summed E-state index contributed by atoms with van der Waals surface area (Å²) in [6.45, 7) is 0.319. The van der Waals surface area contributed by atoms with Gasteiger partial charge in [0.2, 0.25) is 6.79 Å². The van der Waals surface area contributed by atoms with E-state index in [2.05, 4.69) is 23.5 Å². The standard InChI is InChI=1S/C17H17NO2/c1-2-6-14-12(4-1)5-3-7-15(14)18-13-8-9-16-17(10-13)20-11-19-16/h3,5,7-10,18H,1-2,4,6,11H2. The molecule has 0 saturated heterocycles. The van der Waals surface area contributed by atoms with Gasteiger partial charge in [0.25, 0.3) is 0 Å². The van der Waals surface area contributed by atoms with Crippen LogP contribution in [-0.2, 0) is 12.8 Å². The highest BCUT2D eigenvalue weighted by molar-refractivity contribution is 5.67. The summed E-state index contributed by atoms with van der Waals surface area (Å²) in [5, 5.41) is 3.53. The van der Waals surface area contributed by atoms with Gasteiger partial charge in [0.05, 0.1) is 0 Å². The zero-order valence-electron chi connectivity index (χ0n) is 11.3. The van der Waals surface area contributed by atoms with E-state index in [0.717, 1.165) is 17.2 Å². The minimum Gasteiger partial charge on any atom is -0.454 e. The van der Waals surface area contributed by atoms with Crippen molar-refractivity contribution in [2.24, 2.45) is 0 Å². The highest BCUT2D eigenvalue weighted by Crippen LogP contribution is 2.36. The van der Waals surface area contributed by atoms with Crippen LogP contribution >= 0.6 is 0 Å². The minimum atomic E-state index is 0.319. The second-order valence-corrected chi connectivity index (χ2v) is 5.34. The minimum absolute atomic E-state index is 0.319. The van der Waals surface area contributed by atoms with Crippen molar-refractivity contribution in [1.29, 1.82) is 0 Å². The molecule has 0 fully saturated rings. The number of nitrogens with one attached hydrogen (secondary N) is 1. The fourth-order valence-electron chi connectivity index (χ4n) is 3.03. The summed E-state index contributed by atoms with van der Waals surface area (Å²) in [7, 11) is 0. The summed E-state index contributed by atoms with van der Waals surface area (Å²) >= 11 is 0. The van der Waals surface area contributed by atoms with Crippen molar-refractivity contribution in [1.82, 2.24) is 0 Å². The van der Waals surface area contributed by atoms with Gasteiger partial charge in [-0.1, -0.05) is 12.1 Å². The number of benzene rings is 2. The lowest BCUT2D eigenvalue weighted by Crippen LogP contribution is -2.06. The molecule has 2 aliphatic rings. The molecule has 1 aliphatic heterocycles. The summed E-state index contributed by atoms with van der Waals surface area (Å²) in [4.78, 5) is 0. The third-order valence-corrected chi connectivity index (χ3v) is 4.05. The maximum absolute atomic E-state index is 5.43. The van der Waals surface area contributed by atoms with Gasteiger partial charge in [-0.05, 0) is 55.0 Å². The first kappa shape index (κ1) is 11.6. The lowest BCUT2D eigenvalue weighted by atomic mass is 9.90. The molecule has 1 N–H and O–H groups in total. The smallest absolute Gasteiger partial charge is 0.231 e. The largest absolute Gasteiger partial charge is 0.454 e. The Morgan fingerprint density at radius 2 is 1.80 bits per heavy atom. The maximum atomic E-state index is 5.43. The van der Waals surface area contributed by atoms with Gasteiger partial charge in [-0.25, -0.2) is 0 Å². The van der Waals surface area contributed by atoms with Gasteiger partial charge in [0.15, 0.2) is 11.5 Å². The molecule has 4 rings (SSSR count). The zero-order valence-corrected chi connectivity index (χ0v) is 11.3. The van der Waals surface area contributed by atoms with Gasteiger partial charge in [-0.2, -0.15) is 0 Å². The Morgan fingerprint density at radius 1 is 0.900 bits per heavy atom. The normalized spacial score (nSPS) is 15.8. The number of aryl methyl sites for hydroxylation is 1. The van der Waals surface area contributed by atoms with Crippen LogP contribution in [0.4, 0.5) is 11.4 Å². The van der Waals surface area contributed by atoms with Gasteiger partial charge in [-0.15, -0.1) is 0 Å². The molecule has 1 aliphatic carbocycles. The first-order valence-corrected chi connectivity index (χ1v) is 7.17. The summed E-state index contributed by atoms with van der Waals surface area (Å²) in [5.41, 5.74) is 5.23. The molecule has 0 amide bonds. The van der Waals surface area contributed by atoms with E-state index in [9.17, 15) is 0 Å². The average Bonchev–Trinajstić information content (AvgIpc) is 2.95. The van der Waals surface area contributed by atoms with Gasteiger partial charge in [-0.3, -0.25) is 0 Å². The topological polar surface area (TPSA) is 30.5 Å². The van der Waals surface area contributed by atoms with E-state index in [-0.39, 0.29) is 0 Å². The number of rotatable bonds is 2. The van der Waals surface area contributed by atoms with Crippen molar-refractivity contribution < 1.29 is 9.47 Å². The summed E-state index contributed by atoms with van der Waals surface area (Å²) in [6.07, 6.45) is 4.96. The molecule has 0 aromatic heterocycles. The third kappa shape index (κ3) is 1.99. The average molecular weight is 267 g/mol. The second kappa shape index (κ2) is 4.75. The lowest BCUT2D eigenvalue weighted by Gasteiger charge is -2.20. The molecule has 1 heterocycles. The Bertz CT molecular complexity index is 651. The number of fused-ring (bicyclic) bond motifs is 2. The Hall–Kier alpha value is -2.16. The third-order valence-electron chi connectivity index (χ3n) is 4.05. The van der Waals surface area contributed by atoms with Crippen LogP contribution in [0.1, 0.15) is 24.0 Å². The van der Waals surface area contributed by atoms with E-state index in [4.69, 9.17) is 9.47 Å². The van der Waals surface area contributed by atoms with E-state index in [1.807, 2.05) is 18.2 Å². The van der Waals surface area contributed by atoms with E-state index in [1.165, 1.54) is 42.5 Å². The van der Waals surface area contributed by atoms with Crippen LogP contribution in [0.15, 0.2) is 36.4 Å². The van der Waals surface area contributed by atoms with Crippen LogP contribution < -0.4 is 14.8 Å². The summed E-state index contributed by atoms with van der Waals surface area (Å²) < 4.78 is 10.8. The van der Waals surface area contributed by atoms with Gasteiger partial charge in [0.1, 0.15) is 0 Å². The molecule has 0 unspecified atom stereocenters. The van der Waals surface area contributed by atoms with Crippen LogP contribution in [0.25, 0.3) is 0 Å². The SMILES string of the molecule is c1cc2c(c(Nc3ccc4c(c3)OCO4)c1)CCCC2. The molecule has 2 aromatic rings. The number of hydrogen-bond donors (Lipinski definition) is 1. The Labute approximate surface area is 118 Å². The highest BCUT2D eigenvalue weighted by atomic mass is 16.7. The predicted octanol–water partition coefficient (Wildman–Crippen LogP) is 4.04. The molecular weight excluding hydrogens is 250 g/mol. The van der Waals surface area contributed by atoms with E-state index >= 15 is 0 Å². The highest BCUT2D eigenvalue weighted by Gasteiger charge is 2.15. The quantitative estimate of drug-likeness (QED) is 0.890. The van der Waals surface area contributed by atoms with E-state index in [0.29, 0.717) is 6.79 Å². The van der Waals surface area contributed by atoms with Gasteiger partial charge >= 0.3 is 0 Å². The monoisotopic (exact) mass is 267 g/mol. The van der Waals surface area contributed by atoms with Gasteiger partial charge < -0.3 is 14.8 Å². The fraction of sp³-hybridized carbons (Fsp3) is 0.294. The molecule has 0 saturated carbocycles. The Balaban J connectivity index is 1.66. The molecule has 3 heteroatoms. The maximum Gasteiger partial charge on any atom is 0.231 e. The number of anilines is 2. The van der Waals surface area contributed by atoms with Crippen molar-refractivity contribution in [3.05, 3.63) is 47.5 Å². The van der Waals surface area contributed by atoms with Crippen LogP contribution in [0.5, 0.6) is 11.5 Å². The van der Waals surface area contributed by atoms with Gasteiger partial charge in [0, 0.05) is 17.4 Å². The van der Waals surface area contributed by atoms with Crippen molar-refractivity contribution in [2.45, 2.75) is 25.7 Å². The van der Waals surface area contributed by atoms with Crippen LogP contribution in [-0.4, -0.2) is 6.79 Å². The second-order valence-electron chi connectivity index (χ2n) is 5.34. The van der Waals surface area contributed by atoms with E-state index in [1.54, 1.807) is 0 Å². The zero-order chi connectivity index (χ0) is 13.4. The summed E-state index contributed by atoms with van der Waals surface area (Å²) in [6, 6.07) is 12.5. The lowest BCUT2D eigenvalue weighted by molar-refractivity contribution is 0.174. The molecular formula is C17H17NO2. The van der Waals surface area contributed by atoms with Crippen molar-refractivity contribution in [3.63, 3.8) is 0 Å². The molecule has 2 aromatic carbocycles. The molecule has 0 atom stereocenters. The number of hydrogen-bond acceptors (Lipinski definition) is 3. The Morgan fingerprint density at radius 3 is 2.80 bits per heavy atom. The van der Waals surface area contributed by atoms with E-state index < -0.39 is 0 Å². The van der Waals surface area contributed by atoms with Crippen molar-refractivity contribution >= 4 is 11.4 Å². The van der Waals surface area contributed by atoms with Crippen molar-refractivity contribution in [3.8, 4) is 11.5 Å². The molecule has 3 nitrogen and oxygen atoms in total. The molecule has 102 valence electrons. The van der Waals surface area contributed by atoms with Crippen molar-refractivity contribution in [2.75, 3.05) is 12.1 Å². The van der Waals surface area contributed by atoms with Crippen LogP contribution in [0.2, 0.25) is 0 Å². The number of ether oxygens (including phenoxy) is 2. The fourth-order valence-corrected chi connectivity index (χ4v) is 3.03. The summed E-state index contributed by atoms with van der Waals surface area (Å²) in [5.74, 6) is 1.64. The first-order valence-electron chi connectivity index (χ1n) is 7.17. The molecule has 20 heavy (non-hydrogen) atoms. The van der Waals surface area contributed by atoms with Crippen LogP contribution in [0.3, 0.4) is 0 Å². The molecule has 0 spiro atoms. The molecule has 0 bridgehead atoms. The predicted molar refractivity (Wildman–Crippen MR) is 78.9 cm³/mol. The first-order chi connectivity index (χ1) is 9.90. The molecule has 0 radical (unpaired) electrons.